The molecular weight excluding hydrogens is 188 g/mol. The molecule has 0 amide bonds. The van der Waals surface area contributed by atoms with Gasteiger partial charge in [-0.2, -0.15) is 0 Å². The molecule has 0 N–H and O–H groups in total. The number of hydrogen-bond donors (Lipinski definition) is 1. The minimum atomic E-state index is 1.14. The monoisotopic (exact) mass is 208 g/mol. The van der Waals surface area contributed by atoms with E-state index in [0.29, 0.717) is 0 Å². The van der Waals surface area contributed by atoms with Gasteiger partial charge >= 0.3 is 0 Å². The first-order valence-electron chi connectivity index (χ1n) is 5.61. The van der Waals surface area contributed by atoms with E-state index in [2.05, 4.69) is 37.8 Å². The third-order valence-corrected chi connectivity index (χ3v) is 2.98. The summed E-state index contributed by atoms with van der Waals surface area (Å²) < 4.78 is 0. The van der Waals surface area contributed by atoms with E-state index in [-0.39, 0.29) is 0 Å². The van der Waals surface area contributed by atoms with Crippen LogP contribution in [-0.4, -0.2) is 0 Å². The van der Waals surface area contributed by atoms with Crippen molar-refractivity contribution in [2.24, 2.45) is 0 Å². The first-order chi connectivity index (χ1) is 6.84. The summed E-state index contributed by atoms with van der Waals surface area (Å²) in [7, 11) is 0. The lowest BCUT2D eigenvalue weighted by Gasteiger charge is -2.04. The van der Waals surface area contributed by atoms with Crippen molar-refractivity contribution in [1.29, 1.82) is 0 Å². The molecule has 78 valence electrons. The normalized spacial score (nSPS) is 10.4. The van der Waals surface area contributed by atoms with Crippen LogP contribution < -0.4 is 0 Å². The minimum absolute atomic E-state index is 1.14. The van der Waals surface area contributed by atoms with E-state index >= 15 is 0 Å². The van der Waals surface area contributed by atoms with Crippen LogP contribution in [0.1, 0.15) is 44.6 Å². The van der Waals surface area contributed by atoms with Crippen LogP contribution in [0.15, 0.2) is 29.2 Å². The van der Waals surface area contributed by atoms with Gasteiger partial charge in [-0.3, -0.25) is 0 Å². The highest BCUT2D eigenvalue weighted by Crippen LogP contribution is 2.16. The molecule has 1 aromatic carbocycles. The Bertz CT molecular complexity index is 255. The molecule has 0 fully saturated rings. The van der Waals surface area contributed by atoms with Crippen molar-refractivity contribution in [2.45, 2.75) is 50.3 Å². The van der Waals surface area contributed by atoms with Crippen LogP contribution in [0.2, 0.25) is 0 Å². The van der Waals surface area contributed by atoms with Crippen LogP contribution in [0.3, 0.4) is 0 Å². The molecule has 14 heavy (non-hydrogen) atoms. The third kappa shape index (κ3) is 4.19. The number of unbranched alkanes of at least 4 members (excludes halogenated alkanes) is 4. The van der Waals surface area contributed by atoms with Crippen molar-refractivity contribution in [3.05, 3.63) is 29.8 Å². The van der Waals surface area contributed by atoms with Crippen LogP contribution in [0, 0.1) is 0 Å². The maximum Gasteiger partial charge on any atom is 0.00720 e. The standard InChI is InChI=1S/C13H20S/c1-2-3-4-5-6-9-12-10-7-8-11-13(12)14/h7-8,10-11,14H,2-6,9H2,1H3. The van der Waals surface area contributed by atoms with Crippen LogP contribution in [-0.2, 0) is 6.42 Å². The fourth-order valence-electron chi connectivity index (χ4n) is 1.64. The first kappa shape index (κ1) is 11.6. The van der Waals surface area contributed by atoms with Gasteiger partial charge in [0.05, 0.1) is 0 Å². The maximum absolute atomic E-state index is 4.44. The van der Waals surface area contributed by atoms with E-state index in [1.54, 1.807) is 0 Å². The number of hydrogen-bond acceptors (Lipinski definition) is 1. The molecule has 0 nitrogen and oxygen atoms in total. The van der Waals surface area contributed by atoms with Crippen LogP contribution >= 0.6 is 12.6 Å². The molecule has 0 aliphatic heterocycles. The Morgan fingerprint density at radius 2 is 1.71 bits per heavy atom. The second-order valence-electron chi connectivity index (χ2n) is 3.79. The van der Waals surface area contributed by atoms with Crippen molar-refractivity contribution >= 4 is 12.6 Å². The Morgan fingerprint density at radius 1 is 1.00 bits per heavy atom. The Labute approximate surface area is 93.1 Å². The molecule has 0 saturated carbocycles. The van der Waals surface area contributed by atoms with Gasteiger partial charge in [0.1, 0.15) is 0 Å². The second-order valence-corrected chi connectivity index (χ2v) is 4.27. The Hall–Kier alpha value is -0.430. The summed E-state index contributed by atoms with van der Waals surface area (Å²) in [6.07, 6.45) is 7.92. The van der Waals surface area contributed by atoms with Crippen LogP contribution in [0.4, 0.5) is 0 Å². The zero-order chi connectivity index (χ0) is 10.2. The lowest BCUT2D eigenvalue weighted by Crippen LogP contribution is -1.87. The summed E-state index contributed by atoms with van der Waals surface area (Å²) in [6.45, 7) is 2.25. The van der Waals surface area contributed by atoms with Crippen LogP contribution in [0.25, 0.3) is 0 Å². The smallest absolute Gasteiger partial charge is 0.00720 e. The summed E-state index contributed by atoms with van der Waals surface area (Å²) in [5, 5.41) is 0. The molecule has 0 atom stereocenters. The fraction of sp³-hybridized carbons (Fsp3) is 0.538. The molecule has 0 aliphatic carbocycles. The molecule has 0 unspecified atom stereocenters. The van der Waals surface area contributed by atoms with E-state index < -0.39 is 0 Å². The van der Waals surface area contributed by atoms with E-state index in [9.17, 15) is 0 Å². The van der Waals surface area contributed by atoms with Gasteiger partial charge in [0.15, 0.2) is 0 Å². The quantitative estimate of drug-likeness (QED) is 0.517. The predicted octanol–water partition coefficient (Wildman–Crippen LogP) is 4.49. The Morgan fingerprint density at radius 3 is 2.43 bits per heavy atom. The van der Waals surface area contributed by atoms with E-state index in [1.807, 2.05) is 6.07 Å². The molecular formula is C13H20S. The molecule has 1 rings (SSSR count). The van der Waals surface area contributed by atoms with Gasteiger partial charge in [0.2, 0.25) is 0 Å². The summed E-state index contributed by atoms with van der Waals surface area (Å²) in [6, 6.07) is 8.40. The van der Waals surface area contributed by atoms with Crippen molar-refractivity contribution in [2.75, 3.05) is 0 Å². The van der Waals surface area contributed by atoms with Crippen molar-refractivity contribution in [1.82, 2.24) is 0 Å². The lowest BCUT2D eigenvalue weighted by atomic mass is 10.1. The number of rotatable bonds is 6. The average Bonchev–Trinajstić information content (AvgIpc) is 2.20. The summed E-state index contributed by atoms with van der Waals surface area (Å²) in [5.74, 6) is 0. The SMILES string of the molecule is CCCCCCCc1ccccc1S. The van der Waals surface area contributed by atoms with Gasteiger partial charge < -0.3 is 0 Å². The van der Waals surface area contributed by atoms with Gasteiger partial charge in [-0.1, -0.05) is 50.8 Å². The van der Waals surface area contributed by atoms with E-state index in [0.717, 1.165) is 4.90 Å². The fourth-order valence-corrected chi connectivity index (χ4v) is 1.91. The molecule has 0 aromatic heterocycles. The molecule has 1 aromatic rings. The molecule has 0 radical (unpaired) electrons. The summed E-state index contributed by atoms with van der Waals surface area (Å²) in [5.41, 5.74) is 1.40. The first-order valence-corrected chi connectivity index (χ1v) is 6.06. The molecule has 0 saturated heterocycles. The highest BCUT2D eigenvalue weighted by Gasteiger charge is 1.96. The van der Waals surface area contributed by atoms with E-state index in [4.69, 9.17) is 0 Å². The number of benzene rings is 1. The molecule has 0 spiro atoms. The maximum atomic E-state index is 4.44. The molecule has 0 aliphatic rings. The topological polar surface area (TPSA) is 0 Å². The molecule has 0 bridgehead atoms. The molecule has 1 heteroatoms. The van der Waals surface area contributed by atoms with E-state index in [1.165, 1.54) is 44.1 Å². The van der Waals surface area contributed by atoms with Gasteiger partial charge in [-0.25, -0.2) is 0 Å². The highest BCUT2D eigenvalue weighted by molar-refractivity contribution is 7.80. The van der Waals surface area contributed by atoms with Crippen molar-refractivity contribution < 1.29 is 0 Å². The number of thiol groups is 1. The van der Waals surface area contributed by atoms with Gasteiger partial charge in [0.25, 0.3) is 0 Å². The number of aryl methyl sites for hydroxylation is 1. The molecule has 0 heterocycles. The Balaban J connectivity index is 2.21. The van der Waals surface area contributed by atoms with Crippen molar-refractivity contribution in [3.8, 4) is 0 Å². The van der Waals surface area contributed by atoms with Gasteiger partial charge in [-0.05, 0) is 24.5 Å². The van der Waals surface area contributed by atoms with Crippen LogP contribution in [0.5, 0.6) is 0 Å². The highest BCUT2D eigenvalue weighted by atomic mass is 32.1. The van der Waals surface area contributed by atoms with Crippen molar-refractivity contribution in [3.63, 3.8) is 0 Å². The average molecular weight is 208 g/mol. The zero-order valence-corrected chi connectivity index (χ0v) is 9.89. The predicted molar refractivity (Wildman–Crippen MR) is 66.2 cm³/mol. The summed E-state index contributed by atoms with van der Waals surface area (Å²) in [4.78, 5) is 1.14. The third-order valence-electron chi connectivity index (χ3n) is 2.54. The van der Waals surface area contributed by atoms with Gasteiger partial charge in [0, 0.05) is 4.90 Å². The summed E-state index contributed by atoms with van der Waals surface area (Å²) >= 11 is 4.44. The second kappa shape index (κ2) is 6.94. The zero-order valence-electron chi connectivity index (χ0n) is 9.00. The van der Waals surface area contributed by atoms with Gasteiger partial charge in [-0.15, -0.1) is 12.6 Å². The largest absolute Gasteiger partial charge is 0.143 e. The minimum Gasteiger partial charge on any atom is -0.143 e. The Kier molecular flexibility index (Phi) is 5.77. The lowest BCUT2D eigenvalue weighted by molar-refractivity contribution is 0.630.